The van der Waals surface area contributed by atoms with E-state index >= 15 is 0 Å². The van der Waals surface area contributed by atoms with Crippen LogP contribution in [0.3, 0.4) is 0 Å². The zero-order valence-electron chi connectivity index (χ0n) is 6.28. The molecule has 1 fully saturated rings. The summed E-state index contributed by atoms with van der Waals surface area (Å²) in [4.78, 5) is 0. The Kier molecular flexibility index (Phi) is 1.27. The summed E-state index contributed by atoms with van der Waals surface area (Å²) in [6.07, 6.45) is 3.30. The number of hydrogen-bond donors (Lipinski definition) is 0. The van der Waals surface area contributed by atoms with Crippen LogP contribution >= 0.6 is 0 Å². The predicted octanol–water partition coefficient (Wildman–Crippen LogP) is 2.77. The largest absolute Gasteiger partial charge is 0.102 e. The van der Waals surface area contributed by atoms with Crippen molar-refractivity contribution in [2.75, 3.05) is 0 Å². The Bertz CT molecular complexity index is 155. The molecule has 0 heteroatoms. The predicted molar refractivity (Wildman–Crippen MR) is 41.2 cm³/mol. The van der Waals surface area contributed by atoms with Crippen molar-refractivity contribution < 1.29 is 0 Å². The molecule has 9 heavy (non-hydrogen) atoms. The summed E-state index contributed by atoms with van der Waals surface area (Å²) in [6.45, 7) is 12.1. The van der Waals surface area contributed by atoms with Gasteiger partial charge in [-0.15, -0.1) is 6.58 Å². The first kappa shape index (κ1) is 6.60. The minimum atomic E-state index is 0.319. The zero-order valence-corrected chi connectivity index (χ0v) is 6.28. The van der Waals surface area contributed by atoms with Crippen LogP contribution < -0.4 is 0 Å². The van der Waals surface area contributed by atoms with Crippen LogP contribution in [0, 0.1) is 11.3 Å². The van der Waals surface area contributed by atoms with Gasteiger partial charge in [-0.2, -0.15) is 0 Å². The van der Waals surface area contributed by atoms with Crippen LogP contribution in [0.15, 0.2) is 24.8 Å². The molecule has 1 aliphatic rings. The molecule has 0 saturated heterocycles. The molecule has 0 N–H and O–H groups in total. The van der Waals surface area contributed by atoms with E-state index in [4.69, 9.17) is 0 Å². The van der Waals surface area contributed by atoms with Gasteiger partial charge in [-0.1, -0.05) is 25.2 Å². The summed E-state index contributed by atoms with van der Waals surface area (Å²) in [5.41, 5.74) is 1.59. The lowest BCUT2D eigenvalue weighted by Crippen LogP contribution is -1.97. The van der Waals surface area contributed by atoms with Crippen molar-refractivity contribution in [1.29, 1.82) is 0 Å². The highest BCUT2D eigenvalue weighted by Crippen LogP contribution is 2.57. The van der Waals surface area contributed by atoms with Crippen LogP contribution in [0.2, 0.25) is 0 Å². The summed E-state index contributed by atoms with van der Waals surface area (Å²) in [6, 6.07) is 0. The molecule has 0 amide bonds. The van der Waals surface area contributed by atoms with Gasteiger partial charge >= 0.3 is 0 Å². The van der Waals surface area contributed by atoms with Gasteiger partial charge in [-0.3, -0.25) is 0 Å². The van der Waals surface area contributed by atoms with Crippen LogP contribution in [0.25, 0.3) is 0 Å². The second-order valence-corrected chi connectivity index (χ2v) is 3.13. The third-order valence-electron chi connectivity index (χ3n) is 2.52. The Balaban J connectivity index is 2.73. The molecule has 0 aromatic carbocycles. The minimum Gasteiger partial charge on any atom is -0.102 e. The molecule has 50 valence electrons. The van der Waals surface area contributed by atoms with Crippen molar-refractivity contribution in [2.45, 2.75) is 20.3 Å². The van der Waals surface area contributed by atoms with Gasteiger partial charge in [0, 0.05) is 5.41 Å². The average Bonchev–Trinajstić information content (AvgIpc) is 2.43. The van der Waals surface area contributed by atoms with E-state index in [0.717, 1.165) is 5.92 Å². The topological polar surface area (TPSA) is 0 Å². The Morgan fingerprint density at radius 1 is 1.78 bits per heavy atom. The fraction of sp³-hybridized carbons (Fsp3) is 0.556. The normalized spacial score (nSPS) is 40.0. The lowest BCUT2D eigenvalue weighted by Gasteiger charge is -2.08. The monoisotopic (exact) mass is 122 g/mol. The van der Waals surface area contributed by atoms with Crippen LogP contribution in [-0.4, -0.2) is 0 Å². The van der Waals surface area contributed by atoms with Gasteiger partial charge in [0.15, 0.2) is 0 Å². The maximum atomic E-state index is 3.94. The van der Waals surface area contributed by atoms with E-state index in [2.05, 4.69) is 27.0 Å². The second kappa shape index (κ2) is 1.73. The second-order valence-electron chi connectivity index (χ2n) is 3.13. The third-order valence-corrected chi connectivity index (χ3v) is 2.52. The van der Waals surface area contributed by atoms with Crippen LogP contribution in [0.4, 0.5) is 0 Å². The van der Waals surface area contributed by atoms with Gasteiger partial charge in [0.1, 0.15) is 0 Å². The third kappa shape index (κ3) is 0.735. The summed E-state index contributed by atoms with van der Waals surface area (Å²) in [5.74, 6) is 0.785. The Hall–Kier alpha value is -0.520. The molecule has 0 aromatic rings. The van der Waals surface area contributed by atoms with Crippen molar-refractivity contribution in [2.24, 2.45) is 11.3 Å². The van der Waals surface area contributed by atoms with E-state index < -0.39 is 0 Å². The Morgan fingerprint density at radius 2 is 2.22 bits per heavy atom. The molecular formula is C9H14. The van der Waals surface area contributed by atoms with Gasteiger partial charge in [-0.05, 0) is 19.3 Å². The number of rotatable bonds is 2. The maximum absolute atomic E-state index is 3.94. The quantitative estimate of drug-likeness (QED) is 0.494. The van der Waals surface area contributed by atoms with Gasteiger partial charge in [0.25, 0.3) is 0 Å². The molecule has 0 heterocycles. The molecule has 1 unspecified atom stereocenters. The molecule has 0 aliphatic heterocycles. The van der Waals surface area contributed by atoms with E-state index in [1.807, 2.05) is 6.08 Å². The highest BCUT2D eigenvalue weighted by molar-refractivity contribution is 5.27. The highest BCUT2D eigenvalue weighted by atomic mass is 14.5. The molecule has 1 rings (SSSR count). The first-order chi connectivity index (χ1) is 4.13. The van der Waals surface area contributed by atoms with Crippen molar-refractivity contribution in [3.05, 3.63) is 24.8 Å². The fourth-order valence-corrected chi connectivity index (χ4v) is 1.50. The Labute approximate surface area is 57.3 Å². The lowest BCUT2D eigenvalue weighted by atomic mass is 9.96. The maximum Gasteiger partial charge on any atom is 0.0112 e. The van der Waals surface area contributed by atoms with Gasteiger partial charge in [-0.25, -0.2) is 0 Å². The van der Waals surface area contributed by atoms with Crippen LogP contribution in [0.5, 0.6) is 0 Å². The Morgan fingerprint density at radius 3 is 2.22 bits per heavy atom. The summed E-state index contributed by atoms with van der Waals surface area (Å²) in [7, 11) is 0. The molecule has 2 atom stereocenters. The standard InChI is InChI=1S/C9H14/c1-5-9(7(2)3)6-8(9)4/h5,8H,1-2,6H2,3-4H3/t8?,9-/m1/s1. The summed E-state index contributed by atoms with van der Waals surface area (Å²) in [5, 5.41) is 0. The molecule has 0 bridgehead atoms. The van der Waals surface area contributed by atoms with Crippen molar-refractivity contribution in [3.8, 4) is 0 Å². The van der Waals surface area contributed by atoms with Crippen LogP contribution in [0.1, 0.15) is 20.3 Å². The van der Waals surface area contributed by atoms with E-state index in [1.54, 1.807) is 0 Å². The first-order valence-corrected chi connectivity index (χ1v) is 3.43. The summed E-state index contributed by atoms with van der Waals surface area (Å²) < 4.78 is 0. The van der Waals surface area contributed by atoms with Crippen molar-refractivity contribution in [3.63, 3.8) is 0 Å². The van der Waals surface area contributed by atoms with E-state index in [1.165, 1.54) is 12.0 Å². The molecule has 0 aromatic heterocycles. The van der Waals surface area contributed by atoms with Crippen molar-refractivity contribution >= 4 is 0 Å². The molecule has 0 nitrogen and oxygen atoms in total. The number of hydrogen-bond acceptors (Lipinski definition) is 0. The van der Waals surface area contributed by atoms with Crippen molar-refractivity contribution in [1.82, 2.24) is 0 Å². The molecule has 1 aliphatic carbocycles. The smallest absolute Gasteiger partial charge is 0.0112 e. The highest BCUT2D eigenvalue weighted by Gasteiger charge is 2.48. The molecule has 0 spiro atoms. The number of allylic oxidation sites excluding steroid dienone is 2. The molecule has 1 saturated carbocycles. The first-order valence-electron chi connectivity index (χ1n) is 3.43. The van der Waals surface area contributed by atoms with E-state index in [9.17, 15) is 0 Å². The van der Waals surface area contributed by atoms with Gasteiger partial charge < -0.3 is 0 Å². The minimum absolute atomic E-state index is 0.319. The molecule has 0 radical (unpaired) electrons. The lowest BCUT2D eigenvalue weighted by molar-refractivity contribution is 0.701. The van der Waals surface area contributed by atoms with Gasteiger partial charge in [0.05, 0.1) is 0 Å². The van der Waals surface area contributed by atoms with Gasteiger partial charge in [0.2, 0.25) is 0 Å². The average molecular weight is 122 g/mol. The molecular weight excluding hydrogens is 108 g/mol. The SMILES string of the molecule is C=C[C@]1(C(=C)C)CC1C. The van der Waals surface area contributed by atoms with E-state index in [-0.39, 0.29) is 0 Å². The fourth-order valence-electron chi connectivity index (χ4n) is 1.50. The zero-order chi connectivity index (χ0) is 7.07. The summed E-state index contributed by atoms with van der Waals surface area (Å²) >= 11 is 0. The van der Waals surface area contributed by atoms with Crippen LogP contribution in [-0.2, 0) is 0 Å². The van der Waals surface area contributed by atoms with E-state index in [0.29, 0.717) is 5.41 Å².